The Morgan fingerprint density at radius 3 is 1.90 bits per heavy atom. The molecule has 0 spiro atoms. The maximum Gasteiger partial charge on any atom is 0.227 e. The van der Waals surface area contributed by atoms with Crippen molar-refractivity contribution in [2.24, 2.45) is 5.92 Å². The van der Waals surface area contributed by atoms with Gasteiger partial charge in [-0.3, -0.25) is 0 Å². The van der Waals surface area contributed by atoms with Gasteiger partial charge < -0.3 is 29.6 Å². The second-order valence-corrected chi connectivity index (χ2v) is 13.5. The third-order valence-electron chi connectivity index (χ3n) is 8.77. The Balaban J connectivity index is 0.000000177. The van der Waals surface area contributed by atoms with Crippen molar-refractivity contribution in [1.29, 1.82) is 0 Å². The van der Waals surface area contributed by atoms with Gasteiger partial charge >= 0.3 is 0 Å². The van der Waals surface area contributed by atoms with Crippen molar-refractivity contribution in [3.8, 4) is 5.75 Å². The number of nitrogens with two attached hydrogens (primary N) is 1. The summed E-state index contributed by atoms with van der Waals surface area (Å²) in [6.07, 6.45) is 6.29. The van der Waals surface area contributed by atoms with E-state index in [4.69, 9.17) is 27.1 Å². The van der Waals surface area contributed by atoms with Crippen LogP contribution in [0.4, 0.5) is 28.4 Å². The van der Waals surface area contributed by atoms with Crippen LogP contribution < -0.4 is 35.5 Å². The molecule has 1 aromatic heterocycles. The molecule has 1 unspecified atom stereocenters. The Bertz CT molecular complexity index is 2190. The maximum absolute atomic E-state index is 6.31. The van der Waals surface area contributed by atoms with Gasteiger partial charge in [0.05, 0.1) is 16.7 Å². The average Bonchev–Trinajstić information content (AvgIpc) is 3.08. The fourth-order valence-corrected chi connectivity index (χ4v) is 6.20. The molecule has 250 valence electrons. The van der Waals surface area contributed by atoms with Gasteiger partial charge in [-0.25, -0.2) is 9.57 Å². The number of thiocarbonyl (C=S) groups is 1. The summed E-state index contributed by atoms with van der Waals surface area (Å²) in [6.45, 7) is 0. The van der Waals surface area contributed by atoms with E-state index in [0.717, 1.165) is 77.7 Å². The Morgan fingerprint density at radius 2 is 1.33 bits per heavy atom. The lowest BCUT2D eigenvalue weighted by Crippen LogP contribution is -2.70. The maximum atomic E-state index is 6.31. The molecule has 0 saturated heterocycles. The number of hydrogen-bond acceptors (Lipinski definition) is 7. The van der Waals surface area contributed by atoms with E-state index in [-0.39, 0.29) is 5.92 Å². The number of nitrogens with one attached hydrogen (secondary N) is 1. The highest BCUT2D eigenvalue weighted by Crippen LogP contribution is 2.38. The van der Waals surface area contributed by atoms with Gasteiger partial charge in [0, 0.05) is 106 Å². The Kier molecular flexibility index (Phi) is 9.30. The third-order valence-corrected chi connectivity index (χ3v) is 9.25. The van der Waals surface area contributed by atoms with Gasteiger partial charge in [0.1, 0.15) is 42.5 Å². The molecule has 2 heterocycles. The molecular formula is C40H44N6O2S+2. The number of nitrogen functional groups attached to an aromatic ring is 1. The predicted octanol–water partition coefficient (Wildman–Crippen LogP) is 5.26. The molecule has 2 aliphatic rings. The molecule has 0 saturated carbocycles. The lowest BCUT2D eigenvalue weighted by molar-refractivity contribution is -0.462. The number of hydrogen-bond donors (Lipinski definition) is 2. The molecule has 1 atom stereocenters. The molecule has 9 heteroatoms. The van der Waals surface area contributed by atoms with E-state index >= 15 is 0 Å². The number of benzene rings is 4. The van der Waals surface area contributed by atoms with Gasteiger partial charge in [0.2, 0.25) is 16.8 Å². The lowest BCUT2D eigenvalue weighted by Gasteiger charge is -2.29. The third kappa shape index (κ3) is 6.80. The summed E-state index contributed by atoms with van der Waals surface area (Å²) in [5.74, 6) is 1.83. The van der Waals surface area contributed by atoms with Gasteiger partial charge in [-0.15, -0.1) is 0 Å². The molecule has 1 aliphatic heterocycles. The average molecular weight is 673 g/mol. The molecule has 3 N–H and O–H groups in total. The molecule has 0 bridgehead atoms. The first-order valence-corrected chi connectivity index (χ1v) is 16.6. The highest BCUT2D eigenvalue weighted by atomic mass is 32.1. The SMILES string of the molecule is CN(C)c1ccc2c(=[NH+]c3ccccc3N)c3ccc(N(C)C)cc3oc2c1.CN(C)c1ccc2c(c1)OC1=CC(=[N+](C)C)C=CC1C2=S. The number of ether oxygens (including phenoxy) is 1. The molecule has 0 amide bonds. The first-order chi connectivity index (χ1) is 23.4. The fourth-order valence-electron chi connectivity index (χ4n) is 5.84. The molecule has 7 rings (SSSR count). The Morgan fingerprint density at radius 1 is 0.755 bits per heavy atom. The predicted molar refractivity (Wildman–Crippen MR) is 208 cm³/mol. The number of para-hydroxylation sites is 2. The molecule has 8 nitrogen and oxygen atoms in total. The number of rotatable bonds is 4. The summed E-state index contributed by atoms with van der Waals surface area (Å²) in [7, 11) is 16.2. The van der Waals surface area contributed by atoms with Crippen molar-refractivity contribution < 1.29 is 18.7 Å². The topological polar surface area (TPSA) is 75.1 Å². The zero-order valence-electron chi connectivity index (χ0n) is 29.4. The summed E-state index contributed by atoms with van der Waals surface area (Å²) in [4.78, 5) is 10.7. The van der Waals surface area contributed by atoms with E-state index in [1.807, 2.05) is 86.7 Å². The summed E-state index contributed by atoms with van der Waals surface area (Å²) >= 11 is 5.66. The highest BCUT2D eigenvalue weighted by molar-refractivity contribution is 7.81. The van der Waals surface area contributed by atoms with Crippen molar-refractivity contribution >= 4 is 73.2 Å². The van der Waals surface area contributed by atoms with E-state index in [2.05, 4.69) is 91.0 Å². The quantitative estimate of drug-likeness (QED) is 0.117. The summed E-state index contributed by atoms with van der Waals surface area (Å²) in [5, 5.41) is 3.02. The Hall–Kier alpha value is -5.41. The van der Waals surface area contributed by atoms with E-state index in [1.54, 1.807) is 0 Å². The minimum absolute atomic E-state index is 0.0707. The van der Waals surface area contributed by atoms with Crippen LogP contribution in [0, 0.1) is 5.92 Å². The van der Waals surface area contributed by atoms with Crippen molar-refractivity contribution in [1.82, 2.24) is 0 Å². The summed E-state index contributed by atoms with van der Waals surface area (Å²) in [5.41, 5.74) is 14.9. The van der Waals surface area contributed by atoms with Gasteiger partial charge in [0.15, 0.2) is 0 Å². The largest absolute Gasteiger partial charge is 0.460 e. The van der Waals surface area contributed by atoms with Crippen LogP contribution in [0.2, 0.25) is 0 Å². The monoisotopic (exact) mass is 672 g/mol. The van der Waals surface area contributed by atoms with Crippen LogP contribution in [0.3, 0.4) is 0 Å². The van der Waals surface area contributed by atoms with Crippen LogP contribution in [0.5, 0.6) is 5.75 Å². The molecule has 49 heavy (non-hydrogen) atoms. The van der Waals surface area contributed by atoms with Crippen molar-refractivity contribution in [3.05, 3.63) is 114 Å². The highest BCUT2D eigenvalue weighted by Gasteiger charge is 2.32. The first kappa shape index (κ1) is 33.5. The van der Waals surface area contributed by atoms with E-state index in [0.29, 0.717) is 5.69 Å². The number of nitrogens with zero attached hydrogens (tertiary/aromatic N) is 4. The molecule has 0 fully saturated rings. The van der Waals surface area contributed by atoms with Crippen molar-refractivity contribution in [2.45, 2.75) is 0 Å². The van der Waals surface area contributed by atoms with Gasteiger partial charge in [0.25, 0.3) is 0 Å². The Labute approximate surface area is 293 Å². The summed E-state index contributed by atoms with van der Waals surface area (Å²) in [6, 6.07) is 26.5. The van der Waals surface area contributed by atoms with Crippen LogP contribution in [0.1, 0.15) is 5.56 Å². The van der Waals surface area contributed by atoms with E-state index < -0.39 is 0 Å². The van der Waals surface area contributed by atoms with Crippen LogP contribution in [0.15, 0.2) is 107 Å². The van der Waals surface area contributed by atoms with Crippen LogP contribution in [0.25, 0.3) is 21.9 Å². The number of anilines is 4. The van der Waals surface area contributed by atoms with E-state index in [1.165, 1.54) is 0 Å². The van der Waals surface area contributed by atoms with Crippen LogP contribution in [-0.4, -0.2) is 71.5 Å². The normalized spacial score (nSPS) is 14.6. The zero-order chi connectivity index (χ0) is 35.0. The lowest BCUT2D eigenvalue weighted by atomic mass is 9.89. The van der Waals surface area contributed by atoms with Gasteiger partial charge in [-0.1, -0.05) is 30.4 Å². The molecule has 5 aromatic rings. The van der Waals surface area contributed by atoms with Crippen molar-refractivity contribution in [3.63, 3.8) is 0 Å². The standard InChI is InChI=1S/C23H24N4O.C17H19N2OS/c1-26(2)15-9-11-17-21(13-15)28-22-14-16(27(3)4)10-12-18(22)23(17)25-20-8-6-5-7-19(20)24;1-18(2)11-5-7-13-15(9-11)20-16-10-12(19(3)4)6-8-14(16)17(13)21/h5-14H,24H2,1-4H3;5-10,13H,1-4H3/q;+1/p+1. The molecular weight excluding hydrogens is 629 g/mol. The zero-order valence-corrected chi connectivity index (χ0v) is 30.2. The first-order valence-electron chi connectivity index (χ1n) is 16.2. The second kappa shape index (κ2) is 13.6. The van der Waals surface area contributed by atoms with E-state index in [9.17, 15) is 0 Å². The molecule has 0 radical (unpaired) electrons. The van der Waals surface area contributed by atoms with Crippen LogP contribution in [-0.2, 0) is 0 Å². The number of allylic oxidation sites excluding steroid dienone is 3. The molecule has 1 aliphatic carbocycles. The van der Waals surface area contributed by atoms with Crippen molar-refractivity contribution in [2.75, 3.05) is 76.8 Å². The minimum atomic E-state index is 0.0707. The van der Waals surface area contributed by atoms with Gasteiger partial charge in [-0.2, -0.15) is 0 Å². The number of fused-ring (bicyclic) bond motifs is 4. The van der Waals surface area contributed by atoms with Gasteiger partial charge in [-0.05, 0) is 42.5 Å². The smallest absolute Gasteiger partial charge is 0.227 e. The second-order valence-electron chi connectivity index (χ2n) is 13.1. The summed E-state index contributed by atoms with van der Waals surface area (Å²) < 4.78 is 14.5. The fraction of sp³-hybridized carbons (Fsp3) is 0.225. The van der Waals surface area contributed by atoms with Crippen LogP contribution >= 0.6 is 12.2 Å². The minimum Gasteiger partial charge on any atom is -0.460 e. The molecule has 4 aromatic carbocycles.